The van der Waals surface area contributed by atoms with Gasteiger partial charge in [0.1, 0.15) is 0 Å². The number of carbonyl (C=O) groups is 1. The fourth-order valence-corrected chi connectivity index (χ4v) is 1.92. The third-order valence-corrected chi connectivity index (χ3v) is 2.65. The van der Waals surface area contributed by atoms with Crippen molar-refractivity contribution in [3.8, 4) is 0 Å². The molecule has 0 unspecified atom stereocenters. The van der Waals surface area contributed by atoms with Crippen molar-refractivity contribution >= 4 is 11.7 Å². The highest BCUT2D eigenvalue weighted by Gasteiger charge is 2.35. The van der Waals surface area contributed by atoms with Crippen LogP contribution in [0.1, 0.15) is 19.4 Å². The summed E-state index contributed by atoms with van der Waals surface area (Å²) in [4.78, 5) is 13.6. The Balaban J connectivity index is 2.34. The van der Waals surface area contributed by atoms with Crippen LogP contribution in [0.5, 0.6) is 0 Å². The van der Waals surface area contributed by atoms with Gasteiger partial charge in [-0.25, -0.2) is 4.79 Å². The summed E-state index contributed by atoms with van der Waals surface area (Å²) in [5, 5.41) is 2.96. The van der Waals surface area contributed by atoms with E-state index in [1.807, 2.05) is 45.0 Å². The maximum Gasteiger partial charge on any atom is 0.322 e. The second-order valence-corrected chi connectivity index (χ2v) is 4.69. The smallest absolute Gasteiger partial charge is 0.322 e. The molecule has 0 bridgehead atoms. The lowest BCUT2D eigenvalue weighted by Gasteiger charge is -2.19. The van der Waals surface area contributed by atoms with Crippen LogP contribution in [-0.2, 0) is 0 Å². The van der Waals surface area contributed by atoms with Gasteiger partial charge < -0.3 is 5.32 Å². The fraction of sp³-hybridized carbons (Fsp3) is 0.417. The van der Waals surface area contributed by atoms with Crippen LogP contribution in [-0.4, -0.2) is 18.1 Å². The Labute approximate surface area is 90.1 Å². The zero-order chi connectivity index (χ0) is 11.1. The van der Waals surface area contributed by atoms with Gasteiger partial charge in [0.15, 0.2) is 0 Å². The zero-order valence-corrected chi connectivity index (χ0v) is 9.37. The number of para-hydroxylation sites is 1. The van der Waals surface area contributed by atoms with Crippen LogP contribution < -0.4 is 10.2 Å². The average Bonchev–Trinajstić information content (AvgIpc) is 2.40. The number of aryl methyl sites for hydroxylation is 1. The van der Waals surface area contributed by atoms with E-state index in [4.69, 9.17) is 0 Å². The highest BCUT2D eigenvalue weighted by atomic mass is 16.2. The molecule has 1 aromatic rings. The molecule has 1 N–H and O–H groups in total. The van der Waals surface area contributed by atoms with Gasteiger partial charge in [-0.2, -0.15) is 0 Å². The molecule has 0 spiro atoms. The Kier molecular flexibility index (Phi) is 2.18. The molecule has 1 saturated heterocycles. The third kappa shape index (κ3) is 1.82. The number of hydrogen-bond donors (Lipinski definition) is 1. The number of nitrogens with one attached hydrogen (secondary N) is 1. The highest BCUT2D eigenvalue weighted by Crippen LogP contribution is 2.25. The number of hydrogen-bond acceptors (Lipinski definition) is 1. The molecule has 0 saturated carbocycles. The molecule has 0 radical (unpaired) electrons. The highest BCUT2D eigenvalue weighted by molar-refractivity contribution is 5.95. The third-order valence-electron chi connectivity index (χ3n) is 2.65. The molecule has 3 nitrogen and oxygen atoms in total. The maximum atomic E-state index is 11.8. The first-order valence-corrected chi connectivity index (χ1v) is 5.15. The molecule has 1 fully saturated rings. The summed E-state index contributed by atoms with van der Waals surface area (Å²) in [6.07, 6.45) is 0. The monoisotopic (exact) mass is 204 g/mol. The van der Waals surface area contributed by atoms with Gasteiger partial charge in [0.05, 0.1) is 12.1 Å². The first-order valence-electron chi connectivity index (χ1n) is 5.15. The molecule has 0 aromatic heterocycles. The van der Waals surface area contributed by atoms with Crippen molar-refractivity contribution in [2.45, 2.75) is 26.3 Å². The molecule has 15 heavy (non-hydrogen) atoms. The average molecular weight is 204 g/mol. The van der Waals surface area contributed by atoms with E-state index in [2.05, 4.69) is 5.32 Å². The van der Waals surface area contributed by atoms with E-state index in [1.54, 1.807) is 4.90 Å². The lowest BCUT2D eigenvalue weighted by Crippen LogP contribution is -2.36. The topological polar surface area (TPSA) is 32.3 Å². The minimum Gasteiger partial charge on any atom is -0.331 e. The van der Waals surface area contributed by atoms with Crippen LogP contribution in [0.2, 0.25) is 0 Å². The Bertz CT molecular complexity index is 398. The van der Waals surface area contributed by atoms with Crippen molar-refractivity contribution in [1.29, 1.82) is 0 Å². The number of carbonyl (C=O) groups excluding carboxylic acids is 1. The van der Waals surface area contributed by atoms with Gasteiger partial charge in [-0.15, -0.1) is 0 Å². The maximum absolute atomic E-state index is 11.8. The van der Waals surface area contributed by atoms with Gasteiger partial charge in [0.25, 0.3) is 0 Å². The number of benzene rings is 1. The van der Waals surface area contributed by atoms with Gasteiger partial charge in [-0.3, -0.25) is 4.90 Å². The van der Waals surface area contributed by atoms with E-state index in [0.29, 0.717) is 0 Å². The van der Waals surface area contributed by atoms with E-state index in [-0.39, 0.29) is 11.6 Å². The predicted octanol–water partition coefficient (Wildman–Crippen LogP) is 2.30. The molecular formula is C12H16N2O. The van der Waals surface area contributed by atoms with Crippen LogP contribution >= 0.6 is 0 Å². The molecule has 80 valence electrons. The molecule has 0 aliphatic carbocycles. The minimum atomic E-state index is -0.140. The Hall–Kier alpha value is -1.51. The predicted molar refractivity (Wildman–Crippen MR) is 61.1 cm³/mol. The first kappa shape index (κ1) is 10.0. The van der Waals surface area contributed by atoms with Crippen LogP contribution in [0, 0.1) is 6.92 Å². The fourth-order valence-electron chi connectivity index (χ4n) is 1.92. The Morgan fingerprint density at radius 2 is 2.00 bits per heavy atom. The van der Waals surface area contributed by atoms with Crippen LogP contribution in [0.4, 0.5) is 10.5 Å². The SMILES string of the molecule is Cc1ccccc1N1CC(C)(C)NC1=O. The largest absolute Gasteiger partial charge is 0.331 e. The summed E-state index contributed by atoms with van der Waals surface area (Å²) >= 11 is 0. The molecule has 2 amide bonds. The standard InChI is InChI=1S/C12H16N2O/c1-9-6-4-5-7-10(9)14-8-12(2,3)13-11(14)15/h4-7H,8H2,1-3H3,(H,13,15). The Morgan fingerprint density at radius 1 is 1.33 bits per heavy atom. The van der Waals surface area contributed by atoms with Crippen molar-refractivity contribution in [1.82, 2.24) is 5.32 Å². The number of nitrogens with zero attached hydrogens (tertiary/aromatic N) is 1. The number of anilines is 1. The van der Waals surface area contributed by atoms with E-state index < -0.39 is 0 Å². The summed E-state index contributed by atoms with van der Waals surface area (Å²) in [5.41, 5.74) is 1.99. The van der Waals surface area contributed by atoms with Gasteiger partial charge in [0, 0.05) is 5.69 Å². The minimum absolute atomic E-state index is 0.00528. The van der Waals surface area contributed by atoms with Gasteiger partial charge in [-0.05, 0) is 32.4 Å². The number of amides is 2. The molecule has 1 aliphatic heterocycles. The van der Waals surface area contributed by atoms with Gasteiger partial charge >= 0.3 is 6.03 Å². The van der Waals surface area contributed by atoms with E-state index in [1.165, 1.54) is 0 Å². The molecule has 1 heterocycles. The van der Waals surface area contributed by atoms with Crippen molar-refractivity contribution in [2.24, 2.45) is 0 Å². The van der Waals surface area contributed by atoms with Crippen molar-refractivity contribution in [2.75, 3.05) is 11.4 Å². The molecular weight excluding hydrogens is 188 g/mol. The number of rotatable bonds is 1. The van der Waals surface area contributed by atoms with Crippen molar-refractivity contribution in [3.63, 3.8) is 0 Å². The summed E-state index contributed by atoms with van der Waals surface area (Å²) in [7, 11) is 0. The molecule has 0 atom stereocenters. The van der Waals surface area contributed by atoms with Crippen LogP contribution in [0.25, 0.3) is 0 Å². The Morgan fingerprint density at radius 3 is 2.53 bits per heavy atom. The quantitative estimate of drug-likeness (QED) is 0.748. The summed E-state index contributed by atoms with van der Waals surface area (Å²) < 4.78 is 0. The zero-order valence-electron chi connectivity index (χ0n) is 9.37. The van der Waals surface area contributed by atoms with E-state index in [0.717, 1.165) is 17.8 Å². The molecule has 2 rings (SSSR count). The van der Waals surface area contributed by atoms with Crippen molar-refractivity contribution in [3.05, 3.63) is 29.8 Å². The summed E-state index contributed by atoms with van der Waals surface area (Å²) in [6, 6.07) is 7.94. The second kappa shape index (κ2) is 3.26. The summed E-state index contributed by atoms with van der Waals surface area (Å²) in [5.74, 6) is 0. The lowest BCUT2D eigenvalue weighted by molar-refractivity contribution is 0.248. The lowest BCUT2D eigenvalue weighted by atomic mass is 10.1. The molecule has 3 heteroatoms. The van der Waals surface area contributed by atoms with E-state index in [9.17, 15) is 4.79 Å². The van der Waals surface area contributed by atoms with E-state index >= 15 is 0 Å². The normalized spacial score (nSPS) is 19.1. The first-order chi connectivity index (χ1) is 6.99. The van der Waals surface area contributed by atoms with Crippen molar-refractivity contribution < 1.29 is 4.79 Å². The number of urea groups is 1. The van der Waals surface area contributed by atoms with Gasteiger partial charge in [-0.1, -0.05) is 18.2 Å². The molecule has 1 aliphatic rings. The van der Waals surface area contributed by atoms with Crippen LogP contribution in [0.15, 0.2) is 24.3 Å². The second-order valence-electron chi connectivity index (χ2n) is 4.69. The van der Waals surface area contributed by atoms with Crippen LogP contribution in [0.3, 0.4) is 0 Å². The molecule has 1 aromatic carbocycles. The summed E-state index contributed by atoms with van der Waals surface area (Å²) in [6.45, 7) is 6.80. The van der Waals surface area contributed by atoms with Gasteiger partial charge in [0.2, 0.25) is 0 Å².